The summed E-state index contributed by atoms with van der Waals surface area (Å²) in [5, 5.41) is 3.83. The van der Waals surface area contributed by atoms with Crippen molar-refractivity contribution in [1.29, 1.82) is 0 Å². The summed E-state index contributed by atoms with van der Waals surface area (Å²) in [5.41, 5.74) is 3.14. The lowest BCUT2D eigenvalue weighted by Crippen LogP contribution is -2.48. The average Bonchev–Trinajstić information content (AvgIpc) is 2.48. The van der Waals surface area contributed by atoms with Crippen LogP contribution in [0, 0.1) is 12.8 Å². The van der Waals surface area contributed by atoms with Crippen LogP contribution in [0.2, 0.25) is 0 Å². The summed E-state index contributed by atoms with van der Waals surface area (Å²) in [6.45, 7) is 6.54. The first kappa shape index (κ1) is 15.1. The Morgan fingerprint density at radius 3 is 2.81 bits per heavy atom. The Balaban J connectivity index is 1.80. The first-order chi connectivity index (χ1) is 10.2. The monoisotopic (exact) mass is 287 g/mol. The molecule has 1 aliphatic heterocycles. The Morgan fingerprint density at radius 2 is 2.14 bits per heavy atom. The van der Waals surface area contributed by atoms with Gasteiger partial charge in [-0.25, -0.2) is 0 Å². The van der Waals surface area contributed by atoms with Crippen LogP contribution >= 0.6 is 0 Å². The second-order valence-electron chi connectivity index (χ2n) is 6.93. The van der Waals surface area contributed by atoms with Crippen LogP contribution in [-0.4, -0.2) is 18.8 Å². The van der Waals surface area contributed by atoms with E-state index in [4.69, 9.17) is 4.74 Å². The number of aryl methyl sites for hydroxylation is 1. The van der Waals surface area contributed by atoms with Crippen molar-refractivity contribution in [2.24, 2.45) is 5.92 Å². The second kappa shape index (κ2) is 6.50. The molecule has 1 spiro atoms. The normalized spacial score (nSPS) is 25.5. The SMILES string of the molecule is CCCNC(c1ccccc1C)C1CCOC2(CCC2)C1. The first-order valence-corrected chi connectivity index (χ1v) is 8.67. The third kappa shape index (κ3) is 3.17. The van der Waals surface area contributed by atoms with Crippen LogP contribution in [-0.2, 0) is 4.74 Å². The highest BCUT2D eigenvalue weighted by Gasteiger charge is 2.44. The molecule has 1 N–H and O–H groups in total. The molecular formula is C19H29NO. The van der Waals surface area contributed by atoms with Gasteiger partial charge in [-0.15, -0.1) is 0 Å². The Labute approximate surface area is 129 Å². The average molecular weight is 287 g/mol. The molecule has 1 aromatic rings. The van der Waals surface area contributed by atoms with E-state index in [1.54, 1.807) is 0 Å². The van der Waals surface area contributed by atoms with Crippen molar-refractivity contribution in [3.63, 3.8) is 0 Å². The highest BCUT2D eigenvalue weighted by Crippen LogP contribution is 2.47. The van der Waals surface area contributed by atoms with Gasteiger partial charge in [-0.05, 0) is 69.0 Å². The van der Waals surface area contributed by atoms with Gasteiger partial charge in [-0.1, -0.05) is 31.2 Å². The largest absolute Gasteiger partial charge is 0.375 e. The van der Waals surface area contributed by atoms with Crippen LogP contribution in [0.4, 0.5) is 0 Å². The highest BCUT2D eigenvalue weighted by atomic mass is 16.5. The third-order valence-corrected chi connectivity index (χ3v) is 5.41. The summed E-state index contributed by atoms with van der Waals surface area (Å²) in [6.07, 6.45) is 7.52. The molecule has 0 aromatic heterocycles. The molecule has 1 heterocycles. The van der Waals surface area contributed by atoms with Crippen molar-refractivity contribution in [2.75, 3.05) is 13.2 Å². The minimum atomic E-state index is 0.234. The van der Waals surface area contributed by atoms with Crippen molar-refractivity contribution < 1.29 is 4.74 Å². The molecule has 1 aromatic carbocycles. The molecule has 0 bridgehead atoms. The summed E-state index contributed by atoms with van der Waals surface area (Å²) in [4.78, 5) is 0. The summed E-state index contributed by atoms with van der Waals surface area (Å²) in [6, 6.07) is 9.38. The van der Waals surface area contributed by atoms with Gasteiger partial charge in [0.15, 0.2) is 0 Å². The van der Waals surface area contributed by atoms with Crippen molar-refractivity contribution in [1.82, 2.24) is 5.32 Å². The van der Waals surface area contributed by atoms with Gasteiger partial charge in [0.05, 0.1) is 5.60 Å². The second-order valence-corrected chi connectivity index (χ2v) is 6.93. The van der Waals surface area contributed by atoms with Gasteiger partial charge in [0, 0.05) is 12.6 Å². The van der Waals surface area contributed by atoms with E-state index in [0.717, 1.165) is 13.2 Å². The van der Waals surface area contributed by atoms with Gasteiger partial charge >= 0.3 is 0 Å². The van der Waals surface area contributed by atoms with E-state index < -0.39 is 0 Å². The van der Waals surface area contributed by atoms with Crippen molar-refractivity contribution >= 4 is 0 Å². The number of hydrogen-bond acceptors (Lipinski definition) is 2. The molecule has 0 radical (unpaired) electrons. The van der Waals surface area contributed by atoms with Crippen LogP contribution in [0.15, 0.2) is 24.3 Å². The number of ether oxygens (including phenoxy) is 1. The summed E-state index contributed by atoms with van der Waals surface area (Å²) in [5.74, 6) is 0.715. The smallest absolute Gasteiger partial charge is 0.0686 e. The predicted octanol–water partition coefficient (Wildman–Crippen LogP) is 4.39. The molecule has 1 aliphatic carbocycles. The molecule has 2 unspecified atom stereocenters. The summed E-state index contributed by atoms with van der Waals surface area (Å²) in [7, 11) is 0. The van der Waals surface area contributed by atoms with Crippen LogP contribution < -0.4 is 5.32 Å². The lowest BCUT2D eigenvalue weighted by molar-refractivity contribution is -0.147. The van der Waals surface area contributed by atoms with E-state index in [-0.39, 0.29) is 5.60 Å². The molecule has 0 amide bonds. The molecule has 2 atom stereocenters. The van der Waals surface area contributed by atoms with Crippen molar-refractivity contribution in [3.05, 3.63) is 35.4 Å². The summed E-state index contributed by atoms with van der Waals surface area (Å²) < 4.78 is 6.12. The molecule has 1 saturated heterocycles. The fraction of sp³-hybridized carbons (Fsp3) is 0.684. The van der Waals surface area contributed by atoms with Gasteiger partial charge < -0.3 is 10.1 Å². The zero-order chi connectivity index (χ0) is 14.7. The van der Waals surface area contributed by atoms with Crippen LogP contribution in [0.25, 0.3) is 0 Å². The van der Waals surface area contributed by atoms with E-state index >= 15 is 0 Å². The van der Waals surface area contributed by atoms with E-state index in [1.807, 2.05) is 0 Å². The third-order valence-electron chi connectivity index (χ3n) is 5.41. The minimum absolute atomic E-state index is 0.234. The Hall–Kier alpha value is -0.860. The number of rotatable bonds is 5. The quantitative estimate of drug-likeness (QED) is 0.867. The number of hydrogen-bond donors (Lipinski definition) is 1. The Bertz CT molecular complexity index is 466. The highest BCUT2D eigenvalue weighted by molar-refractivity contribution is 5.29. The molecule has 2 aliphatic rings. The zero-order valence-electron chi connectivity index (χ0n) is 13.5. The minimum Gasteiger partial charge on any atom is -0.375 e. The van der Waals surface area contributed by atoms with E-state index in [1.165, 1.54) is 49.7 Å². The predicted molar refractivity (Wildman–Crippen MR) is 87.5 cm³/mol. The first-order valence-electron chi connectivity index (χ1n) is 8.67. The molecule has 2 fully saturated rings. The number of benzene rings is 1. The molecule has 2 nitrogen and oxygen atoms in total. The van der Waals surface area contributed by atoms with Crippen LogP contribution in [0.1, 0.15) is 62.6 Å². The van der Waals surface area contributed by atoms with Crippen LogP contribution in [0.5, 0.6) is 0 Å². The maximum atomic E-state index is 6.12. The van der Waals surface area contributed by atoms with Crippen LogP contribution in [0.3, 0.4) is 0 Å². The van der Waals surface area contributed by atoms with Crippen molar-refractivity contribution in [3.8, 4) is 0 Å². The fourth-order valence-electron chi connectivity index (χ4n) is 4.04. The van der Waals surface area contributed by atoms with Gasteiger partial charge in [-0.3, -0.25) is 0 Å². The standard InChI is InChI=1S/C19H29NO/c1-3-12-20-18(17-8-5-4-7-15(17)2)16-9-13-21-19(14-16)10-6-11-19/h4-5,7-8,16,18,20H,3,6,9-14H2,1-2H3. The molecule has 116 valence electrons. The molecule has 1 saturated carbocycles. The molecule has 21 heavy (non-hydrogen) atoms. The van der Waals surface area contributed by atoms with E-state index in [9.17, 15) is 0 Å². The molecule has 3 rings (SSSR count). The molecular weight excluding hydrogens is 258 g/mol. The number of nitrogens with one attached hydrogen (secondary N) is 1. The topological polar surface area (TPSA) is 21.3 Å². The van der Waals surface area contributed by atoms with Crippen molar-refractivity contribution in [2.45, 2.75) is 64.0 Å². The van der Waals surface area contributed by atoms with Gasteiger partial charge in [0.2, 0.25) is 0 Å². The van der Waals surface area contributed by atoms with Gasteiger partial charge in [0.25, 0.3) is 0 Å². The van der Waals surface area contributed by atoms with E-state index in [2.05, 4.69) is 43.4 Å². The molecule has 2 heteroatoms. The Kier molecular flexibility index (Phi) is 4.66. The van der Waals surface area contributed by atoms with Gasteiger partial charge in [0.1, 0.15) is 0 Å². The van der Waals surface area contributed by atoms with E-state index in [0.29, 0.717) is 12.0 Å². The maximum Gasteiger partial charge on any atom is 0.0686 e. The lowest BCUT2D eigenvalue weighted by atomic mass is 9.69. The fourth-order valence-corrected chi connectivity index (χ4v) is 4.04. The Morgan fingerprint density at radius 1 is 1.33 bits per heavy atom. The summed E-state index contributed by atoms with van der Waals surface area (Å²) >= 11 is 0. The zero-order valence-corrected chi connectivity index (χ0v) is 13.5. The maximum absolute atomic E-state index is 6.12. The lowest BCUT2D eigenvalue weighted by Gasteiger charge is -2.49. The van der Waals surface area contributed by atoms with Gasteiger partial charge in [-0.2, -0.15) is 0 Å².